The van der Waals surface area contributed by atoms with E-state index in [1.165, 1.54) is 11.5 Å². The van der Waals surface area contributed by atoms with Gasteiger partial charge in [-0.25, -0.2) is 9.18 Å². The van der Waals surface area contributed by atoms with Gasteiger partial charge in [-0.15, -0.1) is 0 Å². The Labute approximate surface area is 160 Å². The standard InChI is InChI=1S/C19H11ClFNO4S/c1-8-22-16-11(17(23)14(19(24)25)18(22)27-8)7-12(21)13(15(16)20)9-3-5-10(26-2)6-4-9/h3-7H,1H2,2H3,(H,24,25). The van der Waals surface area contributed by atoms with Gasteiger partial charge in [0.05, 0.1) is 27.7 Å². The zero-order chi connectivity index (χ0) is 19.5. The number of halogens is 2. The first-order valence-electron chi connectivity index (χ1n) is 7.70. The highest BCUT2D eigenvalue weighted by Crippen LogP contribution is 2.37. The van der Waals surface area contributed by atoms with Crippen LogP contribution in [-0.2, 0) is 0 Å². The molecule has 4 rings (SSSR count). The summed E-state index contributed by atoms with van der Waals surface area (Å²) in [7, 11) is 1.52. The van der Waals surface area contributed by atoms with E-state index in [1.54, 1.807) is 24.3 Å². The smallest absolute Gasteiger partial charge is 0.342 e. The van der Waals surface area contributed by atoms with Gasteiger partial charge in [0.25, 0.3) is 0 Å². The van der Waals surface area contributed by atoms with Crippen LogP contribution in [0.25, 0.3) is 33.4 Å². The predicted octanol–water partition coefficient (Wildman–Crippen LogP) is 3.81. The van der Waals surface area contributed by atoms with Gasteiger partial charge >= 0.3 is 5.97 Å². The molecular weight excluding hydrogens is 393 g/mol. The van der Waals surface area contributed by atoms with Crippen LogP contribution in [0.5, 0.6) is 5.75 Å². The molecule has 136 valence electrons. The molecule has 2 aromatic heterocycles. The van der Waals surface area contributed by atoms with Crippen molar-refractivity contribution >= 4 is 51.2 Å². The van der Waals surface area contributed by atoms with Crippen molar-refractivity contribution in [2.24, 2.45) is 0 Å². The number of benzene rings is 2. The van der Waals surface area contributed by atoms with Crippen molar-refractivity contribution in [1.82, 2.24) is 4.40 Å². The molecule has 5 nitrogen and oxygen atoms in total. The van der Waals surface area contributed by atoms with Crippen LogP contribution in [0, 0.1) is 5.82 Å². The molecule has 1 N–H and O–H groups in total. The van der Waals surface area contributed by atoms with E-state index in [0.717, 1.165) is 17.4 Å². The summed E-state index contributed by atoms with van der Waals surface area (Å²) in [5, 5.41) is 9.30. The summed E-state index contributed by atoms with van der Waals surface area (Å²) in [4.78, 5) is 24.4. The molecule has 8 heteroatoms. The average Bonchev–Trinajstić information content (AvgIpc) is 2.62. The number of ether oxygens (including phenoxy) is 1. The first-order valence-corrected chi connectivity index (χ1v) is 8.90. The van der Waals surface area contributed by atoms with E-state index in [9.17, 15) is 19.1 Å². The minimum absolute atomic E-state index is 0.0203. The summed E-state index contributed by atoms with van der Waals surface area (Å²) >= 11 is 7.58. The zero-order valence-corrected chi connectivity index (χ0v) is 15.4. The fourth-order valence-corrected chi connectivity index (χ4v) is 4.43. The van der Waals surface area contributed by atoms with Crippen LogP contribution in [-0.4, -0.2) is 22.6 Å². The second-order valence-electron chi connectivity index (χ2n) is 5.82. The molecule has 0 atom stereocenters. The van der Waals surface area contributed by atoms with Gasteiger partial charge in [-0.3, -0.25) is 9.20 Å². The second-order valence-corrected chi connectivity index (χ2v) is 7.26. The molecule has 0 aliphatic heterocycles. The minimum Gasteiger partial charge on any atom is -0.497 e. The van der Waals surface area contributed by atoms with Gasteiger partial charge in [0.2, 0.25) is 5.43 Å². The van der Waals surface area contributed by atoms with Crippen molar-refractivity contribution in [2.45, 2.75) is 0 Å². The minimum atomic E-state index is -1.37. The number of rotatable bonds is 3. The molecule has 0 radical (unpaired) electrons. The number of hydrogen-bond acceptors (Lipinski definition) is 4. The van der Waals surface area contributed by atoms with Crippen molar-refractivity contribution in [3.05, 3.63) is 61.6 Å². The van der Waals surface area contributed by atoms with Crippen LogP contribution < -0.4 is 14.8 Å². The van der Waals surface area contributed by atoms with Crippen LogP contribution in [0.2, 0.25) is 5.02 Å². The average molecular weight is 404 g/mol. The molecule has 27 heavy (non-hydrogen) atoms. The number of carboxylic acid groups (broad SMARTS) is 1. The topological polar surface area (TPSA) is 68.0 Å². The Hall–Kier alpha value is -2.90. The molecule has 0 bridgehead atoms. The Balaban J connectivity index is 2.15. The number of methoxy groups -OCH3 is 1. The molecule has 4 aromatic rings. The van der Waals surface area contributed by atoms with Gasteiger partial charge in [-0.2, -0.15) is 0 Å². The summed E-state index contributed by atoms with van der Waals surface area (Å²) in [6.45, 7) is 3.83. The summed E-state index contributed by atoms with van der Waals surface area (Å²) in [5.41, 5.74) is -0.313. The van der Waals surface area contributed by atoms with Crippen LogP contribution >= 0.6 is 22.9 Å². The highest BCUT2D eigenvalue weighted by Gasteiger charge is 2.25. The number of carboxylic acids is 1. The van der Waals surface area contributed by atoms with Crippen molar-refractivity contribution in [2.75, 3.05) is 7.11 Å². The maximum Gasteiger partial charge on any atom is 0.342 e. The first-order chi connectivity index (χ1) is 12.8. The SMILES string of the molecule is C=c1sc2c(C(=O)O)c(=O)c3cc(F)c(-c4ccc(OC)cc4)c(Cl)c3n12. The van der Waals surface area contributed by atoms with Crippen LogP contribution in [0.15, 0.2) is 35.1 Å². The van der Waals surface area contributed by atoms with E-state index in [4.69, 9.17) is 16.3 Å². The number of carbonyl (C=O) groups is 1. The monoisotopic (exact) mass is 403 g/mol. The van der Waals surface area contributed by atoms with Crippen molar-refractivity contribution < 1.29 is 19.0 Å². The highest BCUT2D eigenvalue weighted by atomic mass is 35.5. The summed E-state index contributed by atoms with van der Waals surface area (Å²) < 4.78 is 22.0. The maximum atomic E-state index is 14.9. The molecule has 0 saturated carbocycles. The maximum absolute atomic E-state index is 14.9. The Kier molecular flexibility index (Phi) is 3.94. The van der Waals surface area contributed by atoms with E-state index >= 15 is 0 Å². The molecule has 0 saturated heterocycles. The molecular formula is C19H11ClFNO4S. The number of pyridine rings is 1. The summed E-state index contributed by atoms with van der Waals surface area (Å²) in [5.74, 6) is -1.49. The first kappa shape index (κ1) is 17.5. The lowest BCUT2D eigenvalue weighted by Crippen LogP contribution is -2.25. The Morgan fingerprint density at radius 1 is 1.33 bits per heavy atom. The predicted molar refractivity (Wildman–Crippen MR) is 104 cm³/mol. The number of hydrogen-bond donors (Lipinski definition) is 1. The lowest BCUT2D eigenvalue weighted by Gasteiger charge is -2.16. The van der Waals surface area contributed by atoms with Crippen molar-refractivity contribution in [1.29, 1.82) is 0 Å². The number of aromatic carboxylic acids is 1. The normalized spacial score (nSPS) is 11.4. The quantitative estimate of drug-likeness (QED) is 0.565. The third-order valence-electron chi connectivity index (χ3n) is 4.36. The molecule has 0 aliphatic carbocycles. The van der Waals surface area contributed by atoms with E-state index in [-0.39, 0.29) is 26.3 Å². The van der Waals surface area contributed by atoms with Crippen molar-refractivity contribution in [3.63, 3.8) is 0 Å². The largest absolute Gasteiger partial charge is 0.497 e. The van der Waals surface area contributed by atoms with Gasteiger partial charge in [0, 0.05) is 5.56 Å². The van der Waals surface area contributed by atoms with E-state index in [2.05, 4.69) is 6.58 Å². The number of aromatic nitrogens is 1. The molecule has 0 amide bonds. The van der Waals surface area contributed by atoms with Crippen LogP contribution in [0.4, 0.5) is 4.39 Å². The molecule has 0 spiro atoms. The summed E-state index contributed by atoms with van der Waals surface area (Å²) in [6.07, 6.45) is 0. The van der Waals surface area contributed by atoms with E-state index in [0.29, 0.717) is 16.0 Å². The van der Waals surface area contributed by atoms with E-state index < -0.39 is 22.8 Å². The Morgan fingerprint density at radius 3 is 2.56 bits per heavy atom. The molecule has 2 heterocycles. The Bertz CT molecular complexity index is 1340. The van der Waals surface area contributed by atoms with Crippen LogP contribution in [0.3, 0.4) is 0 Å². The number of nitrogens with zero attached hydrogens (tertiary/aromatic N) is 1. The van der Waals surface area contributed by atoms with Crippen LogP contribution in [0.1, 0.15) is 10.4 Å². The third-order valence-corrected chi connectivity index (χ3v) is 5.73. The van der Waals surface area contributed by atoms with Gasteiger partial charge < -0.3 is 9.84 Å². The fraction of sp³-hybridized carbons (Fsp3) is 0.0526. The molecule has 0 fully saturated rings. The fourth-order valence-electron chi connectivity index (χ4n) is 3.11. The Morgan fingerprint density at radius 2 is 2.00 bits per heavy atom. The van der Waals surface area contributed by atoms with Gasteiger partial charge in [-0.1, -0.05) is 41.6 Å². The molecule has 2 aromatic carbocycles. The van der Waals surface area contributed by atoms with Gasteiger partial charge in [0.1, 0.15) is 22.0 Å². The van der Waals surface area contributed by atoms with E-state index in [1.807, 2.05) is 0 Å². The van der Waals surface area contributed by atoms with Crippen molar-refractivity contribution in [3.8, 4) is 16.9 Å². The second kappa shape index (κ2) is 6.07. The van der Waals surface area contributed by atoms with Gasteiger partial charge in [-0.05, 0) is 23.8 Å². The molecule has 0 unspecified atom stereocenters. The van der Waals surface area contributed by atoms with Gasteiger partial charge in [0.15, 0.2) is 0 Å². The lowest BCUT2D eigenvalue weighted by molar-refractivity contribution is 0.0697. The molecule has 0 aliphatic rings. The highest BCUT2D eigenvalue weighted by molar-refractivity contribution is 7.17. The lowest BCUT2D eigenvalue weighted by atomic mass is 10.0. The third kappa shape index (κ3) is 2.43. The zero-order valence-electron chi connectivity index (χ0n) is 13.9. The number of fused-ring (bicyclic) bond motifs is 3. The summed E-state index contributed by atoms with van der Waals surface area (Å²) in [6, 6.07) is 7.67.